The first-order chi connectivity index (χ1) is 16.9. The van der Waals surface area contributed by atoms with Crippen LogP contribution in [0.1, 0.15) is 46.0 Å². The van der Waals surface area contributed by atoms with Crippen LogP contribution in [0.5, 0.6) is 5.88 Å². The Bertz CT molecular complexity index is 1230. The molecule has 2 fully saturated rings. The molecule has 0 unspecified atom stereocenters. The fourth-order valence-electron chi connectivity index (χ4n) is 4.70. The summed E-state index contributed by atoms with van der Waals surface area (Å²) in [5, 5.41) is 16.6. The Balaban J connectivity index is 1.42. The van der Waals surface area contributed by atoms with E-state index in [4.69, 9.17) is 19.5 Å². The number of fused-ring (bicyclic) bond motifs is 1. The topological polar surface area (TPSA) is 107 Å². The molecule has 1 saturated heterocycles. The molecule has 5 rings (SSSR count). The van der Waals surface area contributed by atoms with Crippen molar-refractivity contribution in [2.75, 3.05) is 18.5 Å². The van der Waals surface area contributed by atoms with E-state index in [-0.39, 0.29) is 30.5 Å². The molecule has 9 nitrogen and oxygen atoms in total. The number of nitrogens with one attached hydrogen (secondary N) is 1. The van der Waals surface area contributed by atoms with Crippen molar-refractivity contribution in [3.63, 3.8) is 0 Å². The van der Waals surface area contributed by atoms with Gasteiger partial charge in [-0.1, -0.05) is 6.07 Å². The predicted octanol–water partition coefficient (Wildman–Crippen LogP) is 4.35. The van der Waals surface area contributed by atoms with Gasteiger partial charge in [0.2, 0.25) is 5.82 Å². The number of ether oxygens (including phenoxy) is 3. The summed E-state index contributed by atoms with van der Waals surface area (Å²) >= 11 is 0. The summed E-state index contributed by atoms with van der Waals surface area (Å²) in [5.74, 6) is -0.640. The smallest absolute Gasteiger partial charge is 0.256 e. The number of hydrogen-bond acceptors (Lipinski definition) is 8. The molecular formula is C25H29FN6O3. The lowest BCUT2D eigenvalue weighted by Crippen LogP contribution is -2.28. The monoisotopic (exact) mass is 480 g/mol. The third kappa shape index (κ3) is 5.21. The van der Waals surface area contributed by atoms with Gasteiger partial charge in [-0.15, -0.1) is 0 Å². The van der Waals surface area contributed by atoms with Crippen LogP contribution in [0.25, 0.3) is 16.9 Å². The number of halogens is 1. The van der Waals surface area contributed by atoms with Crippen molar-refractivity contribution in [2.45, 2.75) is 63.9 Å². The van der Waals surface area contributed by atoms with Gasteiger partial charge in [-0.25, -0.2) is 9.50 Å². The molecule has 1 N–H and O–H groups in total. The number of hydrogen-bond donors (Lipinski definition) is 1. The van der Waals surface area contributed by atoms with E-state index in [2.05, 4.69) is 26.5 Å². The Hall–Kier alpha value is -3.29. The first-order valence-corrected chi connectivity index (χ1v) is 12.0. The zero-order valence-electron chi connectivity index (χ0n) is 19.9. The summed E-state index contributed by atoms with van der Waals surface area (Å²) < 4.78 is 34.4. The van der Waals surface area contributed by atoms with E-state index in [9.17, 15) is 0 Å². The summed E-state index contributed by atoms with van der Waals surface area (Å²) in [6, 6.07) is 8.00. The second-order valence-electron chi connectivity index (χ2n) is 9.59. The van der Waals surface area contributed by atoms with Crippen LogP contribution in [0.3, 0.4) is 0 Å². The summed E-state index contributed by atoms with van der Waals surface area (Å²) in [5.41, 5.74) is 1.49. The lowest BCUT2D eigenvalue weighted by molar-refractivity contribution is -0.141. The van der Waals surface area contributed by atoms with E-state index in [1.165, 1.54) is 0 Å². The Morgan fingerprint density at radius 1 is 1.26 bits per heavy atom. The number of pyridine rings is 1. The van der Waals surface area contributed by atoms with Crippen LogP contribution >= 0.6 is 0 Å². The van der Waals surface area contributed by atoms with E-state index in [0.29, 0.717) is 30.3 Å². The zero-order valence-corrected chi connectivity index (χ0v) is 19.9. The first-order valence-electron chi connectivity index (χ1n) is 12.0. The fraction of sp³-hybridized carbons (Fsp3) is 0.520. The quantitative estimate of drug-likeness (QED) is 0.532. The van der Waals surface area contributed by atoms with Gasteiger partial charge in [0.1, 0.15) is 12.7 Å². The first kappa shape index (κ1) is 23.5. The lowest BCUT2D eigenvalue weighted by atomic mass is 9.84. The van der Waals surface area contributed by atoms with E-state index in [0.717, 1.165) is 31.2 Å². The highest BCUT2D eigenvalue weighted by Gasteiger charge is 2.33. The third-order valence-electron chi connectivity index (χ3n) is 6.53. The molecule has 0 bridgehead atoms. The Kier molecular flexibility index (Phi) is 6.54. The van der Waals surface area contributed by atoms with Crippen LogP contribution in [0, 0.1) is 23.1 Å². The lowest BCUT2D eigenvalue weighted by Gasteiger charge is -2.28. The molecule has 10 heteroatoms. The molecule has 0 amide bonds. The van der Waals surface area contributed by atoms with Crippen LogP contribution in [0.2, 0.25) is 0 Å². The maximum atomic E-state index is 15.5. The molecule has 0 spiro atoms. The Labute approximate surface area is 203 Å². The maximum absolute atomic E-state index is 15.5. The Morgan fingerprint density at radius 2 is 2.09 bits per heavy atom. The van der Waals surface area contributed by atoms with Gasteiger partial charge in [-0.2, -0.15) is 19.7 Å². The maximum Gasteiger partial charge on any atom is 0.256 e. The molecule has 3 aromatic rings. The average molecular weight is 481 g/mol. The van der Waals surface area contributed by atoms with Gasteiger partial charge in [-0.3, -0.25) is 0 Å². The molecule has 35 heavy (non-hydrogen) atoms. The molecular weight excluding hydrogens is 451 g/mol. The largest absolute Gasteiger partial charge is 0.473 e. The fourth-order valence-corrected chi connectivity index (χ4v) is 4.70. The number of nitrogens with zero attached hydrogens (tertiary/aromatic N) is 5. The van der Waals surface area contributed by atoms with Crippen molar-refractivity contribution in [2.24, 2.45) is 5.92 Å². The van der Waals surface area contributed by atoms with Crippen LogP contribution in [0.15, 0.2) is 30.6 Å². The van der Waals surface area contributed by atoms with Crippen LogP contribution in [-0.4, -0.2) is 50.7 Å². The van der Waals surface area contributed by atoms with Crippen molar-refractivity contribution in [3.05, 3.63) is 36.4 Å². The minimum atomic E-state index is -0.697. The summed E-state index contributed by atoms with van der Waals surface area (Å²) in [6.45, 7) is 4.12. The average Bonchev–Trinajstić information content (AvgIpc) is 3.43. The predicted molar refractivity (Wildman–Crippen MR) is 126 cm³/mol. The molecule has 3 aromatic heterocycles. The molecule has 1 saturated carbocycles. The van der Waals surface area contributed by atoms with Crippen molar-refractivity contribution >= 4 is 11.3 Å². The van der Waals surface area contributed by atoms with Gasteiger partial charge in [0.25, 0.3) is 5.88 Å². The van der Waals surface area contributed by atoms with Crippen molar-refractivity contribution in [1.29, 1.82) is 5.26 Å². The minimum Gasteiger partial charge on any atom is -0.473 e. The molecule has 1 aliphatic heterocycles. The van der Waals surface area contributed by atoms with E-state index < -0.39 is 11.6 Å². The van der Waals surface area contributed by atoms with E-state index >= 15 is 4.39 Å². The van der Waals surface area contributed by atoms with Crippen molar-refractivity contribution < 1.29 is 18.6 Å². The highest BCUT2D eigenvalue weighted by molar-refractivity contribution is 5.76. The van der Waals surface area contributed by atoms with Gasteiger partial charge in [0.15, 0.2) is 17.4 Å². The summed E-state index contributed by atoms with van der Waals surface area (Å²) in [6.07, 6.45) is 7.29. The molecule has 4 heterocycles. The number of nitriles is 1. The highest BCUT2D eigenvalue weighted by Crippen LogP contribution is 2.32. The van der Waals surface area contributed by atoms with E-state index in [1.807, 2.05) is 38.2 Å². The second-order valence-corrected chi connectivity index (χ2v) is 9.59. The van der Waals surface area contributed by atoms with Gasteiger partial charge in [-0.05, 0) is 57.6 Å². The van der Waals surface area contributed by atoms with Crippen molar-refractivity contribution in [3.8, 4) is 23.3 Å². The van der Waals surface area contributed by atoms with Crippen LogP contribution in [-0.2, 0) is 9.47 Å². The van der Waals surface area contributed by atoms with Gasteiger partial charge >= 0.3 is 0 Å². The number of anilines is 1. The summed E-state index contributed by atoms with van der Waals surface area (Å²) in [4.78, 5) is 8.96. The normalized spacial score (nSPS) is 23.8. The number of rotatable bonds is 7. The minimum absolute atomic E-state index is 0.0614. The van der Waals surface area contributed by atoms with Crippen molar-refractivity contribution in [1.82, 2.24) is 19.6 Å². The second kappa shape index (κ2) is 9.76. The molecule has 184 valence electrons. The molecule has 2 aliphatic rings. The van der Waals surface area contributed by atoms with Gasteiger partial charge in [0, 0.05) is 18.7 Å². The third-order valence-corrected chi connectivity index (χ3v) is 6.53. The standard InChI is InChI=1S/C25H29FN6O3/c1-25(2)34-15-18(35-25)14-33-24-21(26)23(29-17-8-6-16(7-9-17)10-11-27)30-22(31-24)19-13-28-32-12-4-3-5-20(19)32/h3-5,12-13,16-18H,6-10,14-15H2,1-2H3,(H,29,30,31)/t16-,17-,18-/m0/s1. The van der Waals surface area contributed by atoms with E-state index in [1.54, 1.807) is 10.7 Å². The molecule has 0 radical (unpaired) electrons. The van der Waals surface area contributed by atoms with Gasteiger partial charge in [0.05, 0.1) is 30.0 Å². The summed E-state index contributed by atoms with van der Waals surface area (Å²) in [7, 11) is 0. The number of aromatic nitrogens is 4. The highest BCUT2D eigenvalue weighted by atomic mass is 19.1. The SMILES string of the molecule is CC1(C)OC[C@H](COc2nc(-c3cnn4ccccc34)nc(N[C@H]3CC[C@H](CC#N)CC3)c2F)O1. The zero-order chi connectivity index (χ0) is 24.4. The van der Waals surface area contributed by atoms with Crippen LogP contribution in [0.4, 0.5) is 10.2 Å². The molecule has 0 aromatic carbocycles. The van der Waals surface area contributed by atoms with Crippen LogP contribution < -0.4 is 10.1 Å². The molecule has 1 aliphatic carbocycles. The molecule has 1 atom stereocenters. The van der Waals surface area contributed by atoms with Gasteiger partial charge < -0.3 is 19.5 Å². The Morgan fingerprint density at radius 3 is 2.83 bits per heavy atom.